The summed E-state index contributed by atoms with van der Waals surface area (Å²) in [4.78, 5) is 36.7. The fourth-order valence-corrected chi connectivity index (χ4v) is 2.55. The Bertz CT molecular complexity index is 763. The van der Waals surface area contributed by atoms with Gasteiger partial charge in [0.1, 0.15) is 5.92 Å². The summed E-state index contributed by atoms with van der Waals surface area (Å²) in [5, 5.41) is 0. The van der Waals surface area contributed by atoms with Crippen LogP contribution in [0.5, 0.6) is 0 Å². The van der Waals surface area contributed by atoms with E-state index in [1.165, 1.54) is 6.08 Å². The average molecular weight is 290 g/mol. The molecule has 0 radical (unpaired) electrons. The Labute approximate surface area is 128 Å². The number of fused-ring (bicyclic) bond motifs is 1. The molecule has 0 aromatic heterocycles. The summed E-state index contributed by atoms with van der Waals surface area (Å²) >= 11 is 0. The van der Waals surface area contributed by atoms with Crippen LogP contribution in [0.1, 0.15) is 31.8 Å². The van der Waals surface area contributed by atoms with Crippen LogP contribution in [0.4, 0.5) is 0 Å². The molecule has 1 aliphatic carbocycles. The molecular formula is C19H14O3. The van der Waals surface area contributed by atoms with Gasteiger partial charge in [-0.25, -0.2) is 0 Å². The van der Waals surface area contributed by atoms with Gasteiger partial charge < -0.3 is 0 Å². The predicted molar refractivity (Wildman–Crippen MR) is 83.8 cm³/mol. The Morgan fingerprint density at radius 2 is 1.45 bits per heavy atom. The van der Waals surface area contributed by atoms with E-state index in [-0.39, 0.29) is 0 Å². The third-order valence-corrected chi connectivity index (χ3v) is 3.78. The molecule has 0 amide bonds. The minimum Gasteiger partial charge on any atom is -0.294 e. The maximum absolute atomic E-state index is 12.2. The van der Waals surface area contributed by atoms with Crippen molar-refractivity contribution in [2.75, 3.05) is 0 Å². The fraction of sp³-hybridized carbons (Fsp3) is 0.105. The molecule has 0 fully saturated rings. The van der Waals surface area contributed by atoms with E-state index in [1.54, 1.807) is 30.3 Å². The number of carbonyl (C=O) groups excluding carboxylic acids is 3. The molecule has 2 aromatic rings. The second kappa shape index (κ2) is 5.53. The van der Waals surface area contributed by atoms with Gasteiger partial charge in [0, 0.05) is 11.1 Å². The van der Waals surface area contributed by atoms with Crippen LogP contribution >= 0.6 is 0 Å². The van der Waals surface area contributed by atoms with E-state index in [0.29, 0.717) is 11.1 Å². The highest BCUT2D eigenvalue weighted by atomic mass is 16.2. The van der Waals surface area contributed by atoms with Crippen LogP contribution in [0.3, 0.4) is 0 Å². The predicted octanol–water partition coefficient (Wildman–Crippen LogP) is 3.27. The van der Waals surface area contributed by atoms with E-state index in [1.807, 2.05) is 31.2 Å². The molecule has 108 valence electrons. The van der Waals surface area contributed by atoms with Gasteiger partial charge in [0.2, 0.25) is 0 Å². The Hall–Kier alpha value is -2.81. The van der Waals surface area contributed by atoms with E-state index >= 15 is 0 Å². The summed E-state index contributed by atoms with van der Waals surface area (Å²) in [7, 11) is 0. The number of Topliss-reactive ketones (excluding diaryl/α,β-unsaturated/α-hetero) is 2. The first-order valence-electron chi connectivity index (χ1n) is 7.04. The molecule has 0 saturated heterocycles. The van der Waals surface area contributed by atoms with Gasteiger partial charge in [-0.1, -0.05) is 60.2 Å². The van der Waals surface area contributed by atoms with Crippen molar-refractivity contribution >= 4 is 23.4 Å². The molecule has 0 spiro atoms. The highest BCUT2D eigenvalue weighted by Crippen LogP contribution is 2.27. The number of allylic oxidation sites excluding steroid dienone is 1. The maximum atomic E-state index is 12.2. The lowest BCUT2D eigenvalue weighted by molar-refractivity contribution is -0.115. The first-order valence-corrected chi connectivity index (χ1v) is 7.04. The quantitative estimate of drug-likeness (QED) is 0.644. The van der Waals surface area contributed by atoms with Gasteiger partial charge in [-0.2, -0.15) is 0 Å². The van der Waals surface area contributed by atoms with Gasteiger partial charge in [0.05, 0.1) is 0 Å². The highest BCUT2D eigenvalue weighted by Gasteiger charge is 2.41. The summed E-state index contributed by atoms with van der Waals surface area (Å²) in [6, 6.07) is 14.2. The van der Waals surface area contributed by atoms with Crippen LogP contribution in [0.15, 0.2) is 54.6 Å². The molecule has 0 bridgehead atoms. The zero-order valence-electron chi connectivity index (χ0n) is 12.1. The Balaban J connectivity index is 1.83. The van der Waals surface area contributed by atoms with Gasteiger partial charge in [0.15, 0.2) is 17.3 Å². The molecule has 0 N–H and O–H groups in total. The number of hydrogen-bond donors (Lipinski definition) is 0. The average Bonchev–Trinajstić information content (AvgIpc) is 2.79. The summed E-state index contributed by atoms with van der Waals surface area (Å²) in [6.07, 6.45) is 2.95. The molecule has 22 heavy (non-hydrogen) atoms. The molecule has 0 aliphatic heterocycles. The van der Waals surface area contributed by atoms with Crippen molar-refractivity contribution in [1.29, 1.82) is 0 Å². The van der Waals surface area contributed by atoms with Crippen molar-refractivity contribution in [3.63, 3.8) is 0 Å². The third-order valence-electron chi connectivity index (χ3n) is 3.78. The molecule has 0 saturated carbocycles. The molecular weight excluding hydrogens is 276 g/mol. The van der Waals surface area contributed by atoms with Gasteiger partial charge in [-0.3, -0.25) is 14.4 Å². The fourth-order valence-electron chi connectivity index (χ4n) is 2.55. The number of hydrogen-bond acceptors (Lipinski definition) is 3. The van der Waals surface area contributed by atoms with E-state index in [2.05, 4.69) is 0 Å². The Morgan fingerprint density at radius 3 is 2.00 bits per heavy atom. The van der Waals surface area contributed by atoms with Crippen molar-refractivity contribution in [2.24, 2.45) is 5.92 Å². The zero-order valence-corrected chi connectivity index (χ0v) is 12.1. The summed E-state index contributed by atoms with van der Waals surface area (Å²) in [5.41, 5.74) is 2.67. The molecule has 1 aliphatic rings. The maximum Gasteiger partial charge on any atom is 0.182 e. The van der Waals surface area contributed by atoms with Crippen molar-refractivity contribution in [3.8, 4) is 0 Å². The van der Waals surface area contributed by atoms with Gasteiger partial charge in [0.25, 0.3) is 0 Å². The second-order valence-electron chi connectivity index (χ2n) is 5.35. The number of aryl methyl sites for hydroxylation is 1. The SMILES string of the molecule is Cc1ccc(C=CC(=O)C2C(=O)c3ccccc3C2=O)cc1. The first-order chi connectivity index (χ1) is 10.6. The summed E-state index contributed by atoms with van der Waals surface area (Å²) < 4.78 is 0. The summed E-state index contributed by atoms with van der Waals surface area (Å²) in [6.45, 7) is 1.98. The van der Waals surface area contributed by atoms with Gasteiger partial charge in [-0.15, -0.1) is 0 Å². The summed E-state index contributed by atoms with van der Waals surface area (Å²) in [5.74, 6) is -2.50. The standard InChI is InChI=1S/C19H14O3/c1-12-6-8-13(9-7-12)10-11-16(20)17-18(21)14-4-2-3-5-15(14)19(17)22/h2-11,17H,1H3. The number of ketones is 3. The van der Waals surface area contributed by atoms with Crippen molar-refractivity contribution < 1.29 is 14.4 Å². The topological polar surface area (TPSA) is 51.2 Å². The highest BCUT2D eigenvalue weighted by molar-refractivity contribution is 6.37. The van der Waals surface area contributed by atoms with Crippen LogP contribution in [-0.4, -0.2) is 17.3 Å². The molecule has 3 rings (SSSR count). The lowest BCUT2D eigenvalue weighted by atomic mass is 9.97. The zero-order chi connectivity index (χ0) is 15.7. The van der Waals surface area contributed by atoms with Crippen LogP contribution < -0.4 is 0 Å². The Kier molecular flexibility index (Phi) is 3.55. The minimum absolute atomic E-state index is 0.342. The molecule has 3 nitrogen and oxygen atoms in total. The molecule has 0 unspecified atom stereocenters. The molecule has 0 atom stereocenters. The number of benzene rings is 2. The van der Waals surface area contributed by atoms with Crippen molar-refractivity contribution in [3.05, 3.63) is 76.9 Å². The van der Waals surface area contributed by atoms with Crippen molar-refractivity contribution in [2.45, 2.75) is 6.92 Å². The van der Waals surface area contributed by atoms with Crippen LogP contribution in [0, 0.1) is 12.8 Å². The second-order valence-corrected chi connectivity index (χ2v) is 5.35. The van der Waals surface area contributed by atoms with E-state index in [0.717, 1.165) is 11.1 Å². The lowest BCUT2D eigenvalue weighted by Gasteiger charge is -2.01. The smallest absolute Gasteiger partial charge is 0.182 e. The molecule has 2 aromatic carbocycles. The van der Waals surface area contributed by atoms with E-state index in [4.69, 9.17) is 0 Å². The Morgan fingerprint density at radius 1 is 0.909 bits per heavy atom. The molecule has 3 heteroatoms. The minimum atomic E-state index is -1.22. The van der Waals surface area contributed by atoms with Crippen LogP contribution in [-0.2, 0) is 4.79 Å². The number of carbonyl (C=O) groups is 3. The van der Waals surface area contributed by atoms with E-state index < -0.39 is 23.3 Å². The normalized spacial score (nSPS) is 14.6. The van der Waals surface area contributed by atoms with Gasteiger partial charge in [-0.05, 0) is 18.6 Å². The number of rotatable bonds is 3. The van der Waals surface area contributed by atoms with E-state index in [9.17, 15) is 14.4 Å². The third kappa shape index (κ3) is 2.42. The van der Waals surface area contributed by atoms with Gasteiger partial charge >= 0.3 is 0 Å². The largest absolute Gasteiger partial charge is 0.294 e. The first kappa shape index (κ1) is 14.1. The monoisotopic (exact) mass is 290 g/mol. The van der Waals surface area contributed by atoms with Crippen LogP contribution in [0.25, 0.3) is 6.08 Å². The van der Waals surface area contributed by atoms with Crippen molar-refractivity contribution in [1.82, 2.24) is 0 Å². The van der Waals surface area contributed by atoms with Crippen LogP contribution in [0.2, 0.25) is 0 Å². The lowest BCUT2D eigenvalue weighted by Crippen LogP contribution is -2.23. The molecule has 0 heterocycles.